The number of hydrogen-bond acceptors (Lipinski definition) is 7. The maximum absolute atomic E-state index is 13.3. The SMILES string of the molecule is O=C(Nc1ccc(Oc2ccc(F)cc2)cc1)C1CC(NCc2ccsc2)CN1C(=O)Cn1cncn1. The van der Waals surface area contributed by atoms with Gasteiger partial charge in [-0.05, 0) is 77.3 Å². The zero-order chi connectivity index (χ0) is 25.6. The number of hydrogen-bond donors (Lipinski definition) is 2. The molecule has 4 aromatic rings. The Bertz CT molecular complexity index is 1310. The Kier molecular flexibility index (Phi) is 7.52. The molecule has 0 radical (unpaired) electrons. The van der Waals surface area contributed by atoms with Crippen molar-refractivity contribution in [3.05, 3.63) is 89.4 Å². The van der Waals surface area contributed by atoms with E-state index in [0.717, 1.165) is 0 Å². The first-order valence-corrected chi connectivity index (χ1v) is 12.7. The van der Waals surface area contributed by atoms with Gasteiger partial charge in [0.1, 0.15) is 42.6 Å². The summed E-state index contributed by atoms with van der Waals surface area (Å²) in [5, 5.41) is 14.5. The Hall–Kier alpha value is -4.09. The molecule has 2 unspecified atom stereocenters. The van der Waals surface area contributed by atoms with E-state index in [1.807, 2.05) is 11.4 Å². The summed E-state index contributed by atoms with van der Waals surface area (Å²) in [4.78, 5) is 31.9. The topological polar surface area (TPSA) is 101 Å². The first-order chi connectivity index (χ1) is 18.0. The standard InChI is InChI=1S/C26H25FN6O3S/c27-19-1-5-22(6-2-19)36-23-7-3-20(4-8-23)31-26(35)24-11-21(29-12-18-9-10-37-15-18)13-33(24)25(34)14-32-17-28-16-30-32/h1-10,15-17,21,24,29H,11-14H2,(H,31,35). The summed E-state index contributed by atoms with van der Waals surface area (Å²) in [6.07, 6.45) is 3.34. The van der Waals surface area contributed by atoms with Crippen molar-refractivity contribution in [3.63, 3.8) is 0 Å². The van der Waals surface area contributed by atoms with Crippen molar-refractivity contribution < 1.29 is 18.7 Å². The number of likely N-dealkylation sites (tertiary alicyclic amines) is 1. The average molecular weight is 521 g/mol. The Balaban J connectivity index is 1.24. The van der Waals surface area contributed by atoms with E-state index in [1.54, 1.807) is 52.6 Å². The van der Waals surface area contributed by atoms with Crippen molar-refractivity contribution in [3.8, 4) is 11.5 Å². The largest absolute Gasteiger partial charge is 0.457 e. The van der Waals surface area contributed by atoms with E-state index in [2.05, 4.69) is 26.1 Å². The van der Waals surface area contributed by atoms with Crippen LogP contribution in [-0.4, -0.2) is 50.1 Å². The Morgan fingerprint density at radius 3 is 2.51 bits per heavy atom. The first-order valence-electron chi connectivity index (χ1n) is 11.7. The third-order valence-electron chi connectivity index (χ3n) is 6.03. The fraction of sp³-hybridized carbons (Fsp3) is 0.231. The summed E-state index contributed by atoms with van der Waals surface area (Å²) in [6, 6.07) is 14.0. The second kappa shape index (κ2) is 11.3. The van der Waals surface area contributed by atoms with Crippen LogP contribution in [0.3, 0.4) is 0 Å². The number of aromatic nitrogens is 3. The van der Waals surface area contributed by atoms with Gasteiger partial charge in [0.2, 0.25) is 11.8 Å². The van der Waals surface area contributed by atoms with Crippen LogP contribution in [0.15, 0.2) is 78.0 Å². The monoisotopic (exact) mass is 520 g/mol. The molecule has 3 heterocycles. The van der Waals surface area contributed by atoms with Crippen LogP contribution in [0.1, 0.15) is 12.0 Å². The van der Waals surface area contributed by atoms with Gasteiger partial charge >= 0.3 is 0 Å². The van der Waals surface area contributed by atoms with Crippen molar-refractivity contribution in [1.82, 2.24) is 25.0 Å². The number of amides is 2. The third-order valence-corrected chi connectivity index (χ3v) is 6.77. The van der Waals surface area contributed by atoms with Gasteiger partial charge in [0.05, 0.1) is 0 Å². The Morgan fingerprint density at radius 1 is 1.08 bits per heavy atom. The maximum Gasteiger partial charge on any atom is 0.247 e. The summed E-state index contributed by atoms with van der Waals surface area (Å²) in [7, 11) is 0. The van der Waals surface area contributed by atoms with Crippen LogP contribution >= 0.6 is 11.3 Å². The molecule has 2 aromatic carbocycles. The van der Waals surface area contributed by atoms with Crippen molar-refractivity contribution in [2.45, 2.75) is 31.6 Å². The minimum absolute atomic E-state index is 0.0104. The van der Waals surface area contributed by atoms with E-state index in [9.17, 15) is 14.0 Å². The third kappa shape index (κ3) is 6.38. The zero-order valence-corrected chi connectivity index (χ0v) is 20.6. The molecule has 9 nitrogen and oxygen atoms in total. The van der Waals surface area contributed by atoms with Crippen LogP contribution in [0, 0.1) is 5.82 Å². The van der Waals surface area contributed by atoms with Gasteiger partial charge in [0, 0.05) is 24.8 Å². The molecule has 0 bridgehead atoms. The van der Waals surface area contributed by atoms with Gasteiger partial charge in [0.15, 0.2) is 0 Å². The normalized spacial score (nSPS) is 17.1. The Labute approximate surface area is 216 Å². The molecule has 0 spiro atoms. The lowest BCUT2D eigenvalue weighted by Crippen LogP contribution is -2.44. The molecule has 2 aromatic heterocycles. The lowest BCUT2D eigenvalue weighted by molar-refractivity contribution is -0.137. The molecular formula is C26H25FN6O3S. The van der Waals surface area contributed by atoms with E-state index in [1.165, 1.54) is 35.0 Å². The lowest BCUT2D eigenvalue weighted by atomic mass is 10.1. The van der Waals surface area contributed by atoms with Crippen molar-refractivity contribution in [2.24, 2.45) is 0 Å². The number of thiophene rings is 1. The predicted octanol–water partition coefficient (Wildman–Crippen LogP) is 3.67. The van der Waals surface area contributed by atoms with E-state index < -0.39 is 6.04 Å². The predicted molar refractivity (Wildman–Crippen MR) is 137 cm³/mol. The van der Waals surface area contributed by atoms with Crippen LogP contribution < -0.4 is 15.4 Å². The summed E-state index contributed by atoms with van der Waals surface area (Å²) in [5.41, 5.74) is 1.75. The van der Waals surface area contributed by atoms with E-state index >= 15 is 0 Å². The molecule has 2 amide bonds. The van der Waals surface area contributed by atoms with Gasteiger partial charge in [-0.2, -0.15) is 16.4 Å². The number of anilines is 1. The zero-order valence-electron chi connectivity index (χ0n) is 19.8. The van der Waals surface area contributed by atoms with E-state index in [-0.39, 0.29) is 30.2 Å². The fourth-order valence-electron chi connectivity index (χ4n) is 4.18. The van der Waals surface area contributed by atoms with Crippen molar-refractivity contribution in [2.75, 3.05) is 11.9 Å². The molecular weight excluding hydrogens is 495 g/mol. The number of rotatable bonds is 9. The molecule has 2 N–H and O–H groups in total. The van der Waals surface area contributed by atoms with Gasteiger partial charge in [-0.15, -0.1) is 0 Å². The van der Waals surface area contributed by atoms with Crippen molar-refractivity contribution >= 4 is 28.8 Å². The molecule has 190 valence electrons. The molecule has 11 heteroatoms. The second-order valence-electron chi connectivity index (χ2n) is 8.67. The lowest BCUT2D eigenvalue weighted by Gasteiger charge is -2.24. The second-order valence-corrected chi connectivity index (χ2v) is 9.45. The van der Waals surface area contributed by atoms with E-state index in [0.29, 0.717) is 36.7 Å². The van der Waals surface area contributed by atoms with E-state index in [4.69, 9.17) is 4.74 Å². The number of ether oxygens (including phenoxy) is 1. The van der Waals surface area contributed by atoms with Crippen LogP contribution in [0.25, 0.3) is 0 Å². The number of carbonyl (C=O) groups excluding carboxylic acids is 2. The minimum atomic E-state index is -0.633. The highest BCUT2D eigenvalue weighted by atomic mass is 32.1. The van der Waals surface area contributed by atoms with Gasteiger partial charge in [-0.3, -0.25) is 9.59 Å². The molecule has 1 saturated heterocycles. The summed E-state index contributed by atoms with van der Waals surface area (Å²) < 4.78 is 20.3. The quantitative estimate of drug-likeness (QED) is 0.349. The van der Waals surface area contributed by atoms with Gasteiger partial charge in [-0.25, -0.2) is 14.1 Å². The highest BCUT2D eigenvalue weighted by molar-refractivity contribution is 7.07. The summed E-state index contributed by atoms with van der Waals surface area (Å²) in [5.74, 6) is 0.252. The Morgan fingerprint density at radius 2 is 1.84 bits per heavy atom. The molecule has 0 aliphatic carbocycles. The summed E-state index contributed by atoms with van der Waals surface area (Å²) in [6.45, 7) is 1.10. The number of nitrogens with zero attached hydrogens (tertiary/aromatic N) is 4. The summed E-state index contributed by atoms with van der Waals surface area (Å²) >= 11 is 1.63. The minimum Gasteiger partial charge on any atom is -0.457 e. The number of halogens is 1. The molecule has 0 saturated carbocycles. The molecule has 5 rings (SSSR count). The van der Waals surface area contributed by atoms with Crippen LogP contribution in [0.4, 0.5) is 10.1 Å². The molecule has 1 aliphatic rings. The fourth-order valence-corrected chi connectivity index (χ4v) is 4.85. The number of nitrogens with one attached hydrogen (secondary N) is 2. The van der Waals surface area contributed by atoms with Gasteiger partial charge in [0.25, 0.3) is 0 Å². The van der Waals surface area contributed by atoms with Crippen molar-refractivity contribution in [1.29, 1.82) is 0 Å². The van der Waals surface area contributed by atoms with Crippen LogP contribution in [0.2, 0.25) is 0 Å². The smallest absolute Gasteiger partial charge is 0.247 e. The van der Waals surface area contributed by atoms with Crippen LogP contribution in [0.5, 0.6) is 11.5 Å². The number of carbonyl (C=O) groups is 2. The van der Waals surface area contributed by atoms with Crippen LogP contribution in [-0.2, 0) is 22.7 Å². The molecule has 1 aliphatic heterocycles. The molecule has 37 heavy (non-hydrogen) atoms. The maximum atomic E-state index is 13.3. The highest BCUT2D eigenvalue weighted by Crippen LogP contribution is 2.25. The molecule has 1 fully saturated rings. The molecule has 2 atom stereocenters. The first kappa shape index (κ1) is 24.6. The number of benzene rings is 2. The van der Waals surface area contributed by atoms with Gasteiger partial charge < -0.3 is 20.3 Å². The van der Waals surface area contributed by atoms with Gasteiger partial charge in [-0.1, -0.05) is 0 Å². The average Bonchev–Trinajstić information content (AvgIpc) is 3.68. The highest BCUT2D eigenvalue weighted by Gasteiger charge is 2.39.